The van der Waals surface area contributed by atoms with E-state index >= 15 is 0 Å². The summed E-state index contributed by atoms with van der Waals surface area (Å²) in [5.74, 6) is -0.348. The molecule has 0 radical (unpaired) electrons. The highest BCUT2D eigenvalue weighted by atomic mass is 16.7. The molecule has 1 aromatic rings. The molecule has 0 spiro atoms. The second kappa shape index (κ2) is 5.30. The maximum absolute atomic E-state index is 9.50. The van der Waals surface area contributed by atoms with Crippen LogP contribution in [0.4, 0.5) is 0 Å². The average molecular weight is 314 g/mol. The zero-order chi connectivity index (χ0) is 16.6. The third kappa shape index (κ3) is 2.18. The molecule has 0 aromatic heterocycles. The Balaban J connectivity index is 2.25. The lowest BCUT2D eigenvalue weighted by Gasteiger charge is -2.29. The highest BCUT2D eigenvalue weighted by Gasteiger charge is 2.38. The van der Waals surface area contributed by atoms with E-state index in [1.807, 2.05) is 6.07 Å². The molecule has 0 saturated carbocycles. The number of ether oxygens (including phenoxy) is 4. The molecule has 8 nitrogen and oxygen atoms in total. The summed E-state index contributed by atoms with van der Waals surface area (Å²) in [6, 6.07) is 5.43. The summed E-state index contributed by atoms with van der Waals surface area (Å²) in [6.45, 7) is 1.87. The van der Waals surface area contributed by atoms with Crippen molar-refractivity contribution >= 4 is 5.57 Å². The molecule has 8 heteroatoms. The van der Waals surface area contributed by atoms with Crippen LogP contribution in [0.2, 0.25) is 0 Å². The number of hydrogen-bond acceptors (Lipinski definition) is 8. The SMILES string of the molecule is COc1cc(C2=C(C#N)C(N)(N=N)OC=C2C)cc2c1OCO2. The van der Waals surface area contributed by atoms with Crippen LogP contribution in [0.25, 0.3) is 5.57 Å². The summed E-state index contributed by atoms with van der Waals surface area (Å²) in [5, 5.41) is 12.8. The maximum Gasteiger partial charge on any atom is 0.310 e. The third-order valence-electron chi connectivity index (χ3n) is 3.64. The van der Waals surface area contributed by atoms with Crippen LogP contribution in [0.1, 0.15) is 12.5 Å². The van der Waals surface area contributed by atoms with E-state index in [0.717, 1.165) is 0 Å². The van der Waals surface area contributed by atoms with Gasteiger partial charge in [0.2, 0.25) is 12.5 Å². The first-order valence-electron chi connectivity index (χ1n) is 6.69. The van der Waals surface area contributed by atoms with Gasteiger partial charge in [-0.15, -0.1) is 5.11 Å². The van der Waals surface area contributed by atoms with Crippen molar-refractivity contribution in [2.24, 2.45) is 10.8 Å². The Bertz CT molecular complexity index is 793. The van der Waals surface area contributed by atoms with Crippen LogP contribution in [0.5, 0.6) is 17.2 Å². The van der Waals surface area contributed by atoms with Crippen LogP contribution >= 0.6 is 0 Å². The highest BCUT2D eigenvalue weighted by Crippen LogP contribution is 2.46. The smallest absolute Gasteiger partial charge is 0.310 e. The van der Waals surface area contributed by atoms with E-state index in [9.17, 15) is 5.26 Å². The Labute approximate surface area is 132 Å². The normalized spacial score (nSPS) is 22.1. The van der Waals surface area contributed by atoms with Crippen LogP contribution in [0, 0.1) is 16.9 Å². The number of fused-ring (bicyclic) bond motifs is 1. The van der Waals surface area contributed by atoms with E-state index in [4.69, 9.17) is 30.2 Å². The Kier molecular flexibility index (Phi) is 3.42. The molecule has 0 saturated heterocycles. The Hall–Kier alpha value is -3.05. The van der Waals surface area contributed by atoms with E-state index in [2.05, 4.69) is 5.11 Å². The predicted octanol–water partition coefficient (Wildman–Crippen LogP) is 2.28. The van der Waals surface area contributed by atoms with E-state index in [-0.39, 0.29) is 12.4 Å². The van der Waals surface area contributed by atoms with Gasteiger partial charge in [-0.2, -0.15) is 5.26 Å². The van der Waals surface area contributed by atoms with Crippen molar-refractivity contribution in [2.45, 2.75) is 12.8 Å². The fourth-order valence-electron chi connectivity index (χ4n) is 2.54. The summed E-state index contributed by atoms with van der Waals surface area (Å²) in [6.07, 6.45) is 1.38. The highest BCUT2D eigenvalue weighted by molar-refractivity contribution is 5.86. The van der Waals surface area contributed by atoms with Gasteiger partial charge < -0.3 is 18.9 Å². The van der Waals surface area contributed by atoms with Gasteiger partial charge in [0.15, 0.2) is 11.5 Å². The molecule has 23 heavy (non-hydrogen) atoms. The quantitative estimate of drug-likeness (QED) is 0.825. The van der Waals surface area contributed by atoms with Crippen LogP contribution in [0.15, 0.2) is 34.7 Å². The van der Waals surface area contributed by atoms with Gasteiger partial charge in [0.05, 0.1) is 13.4 Å². The molecule has 2 heterocycles. The van der Waals surface area contributed by atoms with Crippen molar-refractivity contribution in [3.63, 3.8) is 0 Å². The number of nitrogens with zero attached hydrogens (tertiary/aromatic N) is 2. The van der Waals surface area contributed by atoms with E-state index in [1.165, 1.54) is 13.4 Å². The van der Waals surface area contributed by atoms with Gasteiger partial charge in [0, 0.05) is 5.57 Å². The summed E-state index contributed by atoms with van der Waals surface area (Å²) in [5.41, 5.74) is 15.0. The Morgan fingerprint density at radius 3 is 2.87 bits per heavy atom. The van der Waals surface area contributed by atoms with E-state index in [1.54, 1.807) is 19.1 Å². The predicted molar refractivity (Wildman–Crippen MR) is 78.6 cm³/mol. The number of methoxy groups -OCH3 is 1. The number of benzene rings is 1. The molecule has 0 aliphatic carbocycles. The molecule has 0 fully saturated rings. The zero-order valence-electron chi connectivity index (χ0n) is 12.5. The number of rotatable bonds is 3. The van der Waals surface area contributed by atoms with Crippen LogP contribution < -0.4 is 19.9 Å². The molecule has 3 N–H and O–H groups in total. The number of hydrogen-bond donors (Lipinski definition) is 2. The monoisotopic (exact) mass is 314 g/mol. The van der Waals surface area contributed by atoms with Crippen molar-refractivity contribution in [3.8, 4) is 23.3 Å². The topological polar surface area (TPSA) is 123 Å². The molecule has 2 aliphatic rings. The fourth-order valence-corrected chi connectivity index (χ4v) is 2.54. The van der Waals surface area contributed by atoms with Gasteiger partial charge >= 0.3 is 5.85 Å². The maximum atomic E-state index is 9.50. The molecule has 0 bridgehead atoms. The lowest BCUT2D eigenvalue weighted by molar-refractivity contribution is 0.0618. The minimum absolute atomic E-state index is 0.0356. The molecule has 1 atom stereocenters. The number of nitriles is 1. The van der Waals surface area contributed by atoms with Crippen molar-refractivity contribution in [2.75, 3.05) is 13.9 Å². The van der Waals surface area contributed by atoms with Gasteiger partial charge in [0.1, 0.15) is 11.6 Å². The van der Waals surface area contributed by atoms with Gasteiger partial charge in [-0.25, -0.2) is 5.53 Å². The van der Waals surface area contributed by atoms with Gasteiger partial charge in [-0.1, -0.05) is 0 Å². The zero-order valence-corrected chi connectivity index (χ0v) is 12.5. The molecular formula is C15H14N4O4. The molecule has 118 valence electrons. The summed E-state index contributed by atoms with van der Waals surface area (Å²) in [7, 11) is 1.51. The molecule has 2 aliphatic heterocycles. The van der Waals surface area contributed by atoms with Crippen molar-refractivity contribution in [1.29, 1.82) is 10.8 Å². The minimum atomic E-state index is -1.84. The fraction of sp³-hybridized carbons (Fsp3) is 0.267. The largest absolute Gasteiger partial charge is 0.493 e. The molecule has 1 unspecified atom stereocenters. The Morgan fingerprint density at radius 2 is 2.22 bits per heavy atom. The first-order chi connectivity index (χ1) is 11.0. The molecule has 1 aromatic carbocycles. The minimum Gasteiger partial charge on any atom is -0.493 e. The van der Waals surface area contributed by atoms with Crippen LogP contribution in [0.3, 0.4) is 0 Å². The van der Waals surface area contributed by atoms with Gasteiger partial charge in [-0.05, 0) is 30.2 Å². The summed E-state index contributed by atoms with van der Waals surface area (Å²) < 4.78 is 21.3. The number of allylic oxidation sites excluding steroid dienone is 2. The molecule has 0 amide bonds. The van der Waals surface area contributed by atoms with Gasteiger partial charge in [0.25, 0.3) is 0 Å². The standard InChI is InChI=1S/C15H14N4O4/c1-8-6-23-15(17,19-18)10(5-16)13(8)9-3-11(20-2)14-12(4-9)21-7-22-14/h3-4,6,18H,7,17H2,1-2H3. The van der Waals surface area contributed by atoms with Crippen LogP contribution in [-0.4, -0.2) is 19.8 Å². The first-order valence-corrected chi connectivity index (χ1v) is 6.69. The lowest BCUT2D eigenvalue weighted by atomic mass is 9.90. The second-order valence-corrected chi connectivity index (χ2v) is 5.00. The Morgan fingerprint density at radius 1 is 1.43 bits per heavy atom. The lowest BCUT2D eigenvalue weighted by Crippen LogP contribution is -2.42. The number of nitrogens with one attached hydrogen (secondary N) is 1. The number of nitrogens with two attached hydrogens (primary N) is 1. The van der Waals surface area contributed by atoms with Crippen LogP contribution in [-0.2, 0) is 4.74 Å². The molecule has 3 rings (SSSR count). The third-order valence-corrected chi connectivity index (χ3v) is 3.64. The summed E-state index contributed by atoms with van der Waals surface area (Å²) >= 11 is 0. The first kappa shape index (κ1) is 14.9. The van der Waals surface area contributed by atoms with E-state index < -0.39 is 5.85 Å². The second-order valence-electron chi connectivity index (χ2n) is 5.00. The van der Waals surface area contributed by atoms with Crippen molar-refractivity contribution in [3.05, 3.63) is 35.1 Å². The van der Waals surface area contributed by atoms with Crippen molar-refractivity contribution < 1.29 is 18.9 Å². The van der Waals surface area contributed by atoms with Crippen molar-refractivity contribution in [1.82, 2.24) is 0 Å². The van der Waals surface area contributed by atoms with Gasteiger partial charge in [-0.3, -0.25) is 5.73 Å². The summed E-state index contributed by atoms with van der Waals surface area (Å²) in [4.78, 5) is 0. The average Bonchev–Trinajstić information content (AvgIpc) is 3.04. The van der Waals surface area contributed by atoms with E-state index in [0.29, 0.717) is 34.0 Å². The molecular weight excluding hydrogens is 300 g/mol.